The van der Waals surface area contributed by atoms with Crippen LogP contribution in [-0.2, 0) is 0 Å². The number of aromatic nitrogens is 1. The summed E-state index contributed by atoms with van der Waals surface area (Å²) in [6, 6.07) is 5.97. The molecule has 1 fully saturated rings. The first-order valence-corrected chi connectivity index (χ1v) is 10.8. The summed E-state index contributed by atoms with van der Waals surface area (Å²) in [6.07, 6.45) is 4.05. The summed E-state index contributed by atoms with van der Waals surface area (Å²) in [7, 11) is 1.65. The topological polar surface area (TPSA) is 147 Å². The minimum Gasteiger partial charge on any atom is -0.482 e. The molecule has 1 atom stereocenters. The Labute approximate surface area is 191 Å². The third-order valence-electron chi connectivity index (χ3n) is 5.98. The lowest BCUT2D eigenvalue weighted by molar-refractivity contribution is 0.227. The Morgan fingerprint density at radius 1 is 1.30 bits per heavy atom. The fraction of sp³-hybridized carbons (Fsp3) is 0.348. The van der Waals surface area contributed by atoms with Gasteiger partial charge < -0.3 is 21.7 Å². The molecule has 6 N–H and O–H groups in total. The van der Waals surface area contributed by atoms with Gasteiger partial charge >= 0.3 is 0 Å². The van der Waals surface area contributed by atoms with Gasteiger partial charge in [0.15, 0.2) is 11.6 Å². The van der Waals surface area contributed by atoms with Crippen LogP contribution in [0.3, 0.4) is 0 Å². The number of anilines is 1. The molecule has 0 radical (unpaired) electrons. The molecule has 10 heteroatoms. The van der Waals surface area contributed by atoms with Crippen molar-refractivity contribution in [2.24, 2.45) is 27.0 Å². The van der Waals surface area contributed by atoms with Crippen molar-refractivity contribution < 1.29 is 9.13 Å². The summed E-state index contributed by atoms with van der Waals surface area (Å²) < 4.78 is 20.2. The smallest absolute Gasteiger partial charge is 0.166 e. The maximum Gasteiger partial charge on any atom is 0.166 e. The number of hydrogen-bond acceptors (Lipinski definition) is 9. The Hall–Kier alpha value is -3.82. The van der Waals surface area contributed by atoms with Crippen LogP contribution in [0.2, 0.25) is 0 Å². The standard InChI is InChI=1S/C23H27FN8O/c1-12-17-9-15(24)6-7-16(17)20(25)18(32-28-2)11-29-21(22(31-27)13-4-3-5-13)14-8-19(33-12)23(26)30-10-14/h6-10,12-13,25,28H,3-5,11,27H2,1-2H3,(H2,26,30)/b25-20?,29-21?,31-22?,32-18-. The lowest BCUT2D eigenvalue weighted by Crippen LogP contribution is -2.32. The van der Waals surface area contributed by atoms with Crippen molar-refractivity contribution >= 4 is 28.7 Å². The number of hydrogen-bond donors (Lipinski definition) is 4. The summed E-state index contributed by atoms with van der Waals surface area (Å²) in [4.78, 5) is 9.07. The molecule has 0 spiro atoms. The Bertz CT molecular complexity index is 1170. The number of aliphatic imine (C=N–C) groups is 1. The van der Waals surface area contributed by atoms with E-state index in [4.69, 9.17) is 26.7 Å². The summed E-state index contributed by atoms with van der Waals surface area (Å²) >= 11 is 0. The number of nitrogen functional groups attached to an aromatic ring is 1. The van der Waals surface area contributed by atoms with Crippen LogP contribution < -0.4 is 21.7 Å². The lowest BCUT2D eigenvalue weighted by atomic mass is 9.79. The largest absolute Gasteiger partial charge is 0.482 e. The van der Waals surface area contributed by atoms with Gasteiger partial charge in [-0.25, -0.2) is 9.37 Å². The van der Waals surface area contributed by atoms with E-state index in [0.29, 0.717) is 39.6 Å². The van der Waals surface area contributed by atoms with Crippen molar-refractivity contribution in [2.45, 2.75) is 32.3 Å². The van der Waals surface area contributed by atoms with Gasteiger partial charge in [-0.2, -0.15) is 10.2 Å². The molecular weight excluding hydrogens is 423 g/mol. The van der Waals surface area contributed by atoms with E-state index in [1.807, 2.05) is 0 Å². The summed E-state index contributed by atoms with van der Waals surface area (Å²) in [5.41, 5.74) is 12.2. The highest BCUT2D eigenvalue weighted by molar-refractivity contribution is 6.51. The molecule has 2 heterocycles. The number of ether oxygens (including phenoxy) is 1. The number of rotatable bonds is 3. The third kappa shape index (κ3) is 4.41. The second kappa shape index (κ2) is 9.35. The normalized spacial score (nSPS) is 20.6. The molecule has 1 unspecified atom stereocenters. The van der Waals surface area contributed by atoms with E-state index < -0.39 is 11.9 Å². The second-order valence-electron chi connectivity index (χ2n) is 8.06. The Balaban J connectivity index is 1.91. The third-order valence-corrected chi connectivity index (χ3v) is 5.98. The first-order valence-electron chi connectivity index (χ1n) is 10.8. The van der Waals surface area contributed by atoms with E-state index in [-0.39, 0.29) is 24.0 Å². The Kier molecular flexibility index (Phi) is 6.34. The van der Waals surface area contributed by atoms with E-state index in [9.17, 15) is 4.39 Å². The Morgan fingerprint density at radius 3 is 2.76 bits per heavy atom. The molecular formula is C23H27FN8O. The van der Waals surface area contributed by atoms with Crippen molar-refractivity contribution in [1.82, 2.24) is 10.4 Å². The maximum absolute atomic E-state index is 14.1. The predicted octanol–water partition coefficient (Wildman–Crippen LogP) is 2.80. The van der Waals surface area contributed by atoms with Crippen molar-refractivity contribution in [2.75, 3.05) is 19.3 Å². The number of halogens is 1. The van der Waals surface area contributed by atoms with Gasteiger partial charge in [0.2, 0.25) is 0 Å². The zero-order valence-electron chi connectivity index (χ0n) is 18.6. The highest BCUT2D eigenvalue weighted by Crippen LogP contribution is 2.32. The molecule has 1 aliphatic heterocycles. The van der Waals surface area contributed by atoms with Gasteiger partial charge in [0.25, 0.3) is 0 Å². The van der Waals surface area contributed by atoms with Crippen LogP contribution >= 0.6 is 0 Å². The average molecular weight is 451 g/mol. The number of nitrogens with two attached hydrogens (primary N) is 2. The number of hydrazone groups is 2. The zero-order valence-corrected chi connectivity index (χ0v) is 18.6. The summed E-state index contributed by atoms with van der Waals surface area (Å²) in [6.45, 7) is 1.86. The second-order valence-corrected chi connectivity index (χ2v) is 8.06. The predicted molar refractivity (Wildman–Crippen MR) is 128 cm³/mol. The van der Waals surface area contributed by atoms with E-state index in [1.54, 1.807) is 32.3 Å². The summed E-state index contributed by atoms with van der Waals surface area (Å²) in [5.74, 6) is 6.10. The minimum atomic E-state index is -0.611. The quantitative estimate of drug-likeness (QED) is 0.322. The molecule has 1 aromatic heterocycles. The molecule has 1 aromatic carbocycles. The molecule has 1 saturated carbocycles. The van der Waals surface area contributed by atoms with Gasteiger partial charge in [0, 0.05) is 35.9 Å². The van der Waals surface area contributed by atoms with Gasteiger partial charge in [-0.05, 0) is 44.0 Å². The van der Waals surface area contributed by atoms with Crippen LogP contribution in [0.4, 0.5) is 10.2 Å². The van der Waals surface area contributed by atoms with E-state index >= 15 is 0 Å². The number of benzene rings is 1. The molecule has 2 bridgehead atoms. The van der Waals surface area contributed by atoms with E-state index in [2.05, 4.69) is 20.6 Å². The highest BCUT2D eigenvalue weighted by Gasteiger charge is 2.29. The lowest BCUT2D eigenvalue weighted by Gasteiger charge is -2.28. The van der Waals surface area contributed by atoms with Crippen LogP contribution in [-0.4, -0.2) is 41.4 Å². The van der Waals surface area contributed by atoms with Gasteiger partial charge in [0.1, 0.15) is 17.6 Å². The van der Waals surface area contributed by atoms with Crippen LogP contribution in [0, 0.1) is 17.1 Å². The monoisotopic (exact) mass is 450 g/mol. The zero-order chi connectivity index (χ0) is 23.5. The van der Waals surface area contributed by atoms with Crippen LogP contribution in [0.5, 0.6) is 5.75 Å². The molecule has 4 rings (SSSR count). The number of nitrogens with zero attached hydrogens (tertiary/aromatic N) is 4. The van der Waals surface area contributed by atoms with Gasteiger partial charge in [-0.15, -0.1) is 0 Å². The van der Waals surface area contributed by atoms with Crippen molar-refractivity contribution in [1.29, 1.82) is 5.41 Å². The molecule has 9 nitrogen and oxygen atoms in total. The van der Waals surface area contributed by atoms with E-state index in [1.165, 1.54) is 12.1 Å². The molecule has 33 heavy (non-hydrogen) atoms. The fourth-order valence-corrected chi connectivity index (χ4v) is 4.01. The molecule has 0 saturated heterocycles. The average Bonchev–Trinajstić information content (AvgIpc) is 2.77. The van der Waals surface area contributed by atoms with Gasteiger partial charge in [-0.1, -0.05) is 6.42 Å². The molecule has 2 aromatic rings. The Morgan fingerprint density at radius 2 is 2.09 bits per heavy atom. The maximum atomic E-state index is 14.1. The molecule has 2 aliphatic rings. The van der Waals surface area contributed by atoms with Gasteiger partial charge in [0.05, 0.1) is 23.7 Å². The fourth-order valence-electron chi connectivity index (χ4n) is 4.01. The van der Waals surface area contributed by atoms with E-state index in [0.717, 1.165) is 19.3 Å². The number of pyridine rings is 1. The number of nitrogens with one attached hydrogen (secondary N) is 2. The summed E-state index contributed by atoms with van der Waals surface area (Å²) in [5, 5.41) is 17.2. The van der Waals surface area contributed by atoms with Crippen molar-refractivity contribution in [3.8, 4) is 5.75 Å². The minimum absolute atomic E-state index is 0.0898. The molecule has 0 amide bonds. The van der Waals surface area contributed by atoms with Crippen molar-refractivity contribution in [3.05, 3.63) is 53.0 Å². The first kappa shape index (κ1) is 22.4. The van der Waals surface area contributed by atoms with Gasteiger partial charge in [-0.3, -0.25) is 10.4 Å². The first-order chi connectivity index (χ1) is 15.9. The molecule has 172 valence electrons. The van der Waals surface area contributed by atoms with Crippen molar-refractivity contribution in [3.63, 3.8) is 0 Å². The highest BCUT2D eigenvalue weighted by atomic mass is 19.1. The van der Waals surface area contributed by atoms with Crippen LogP contribution in [0.25, 0.3) is 0 Å². The van der Waals surface area contributed by atoms with Crippen LogP contribution in [0.1, 0.15) is 49.0 Å². The molecule has 1 aliphatic carbocycles. The number of fused-ring (bicyclic) bond motifs is 3. The van der Waals surface area contributed by atoms with Crippen LogP contribution in [0.15, 0.2) is 45.7 Å². The SMILES string of the molecule is CN/N=C1/CN=C(C(=NN)C2CCC2)c2cnc(N)c(c2)OC(C)c2cc(F)ccc2C1=N.